The van der Waals surface area contributed by atoms with Crippen LogP contribution in [0.4, 0.5) is 0 Å². The van der Waals surface area contributed by atoms with Gasteiger partial charge in [0.1, 0.15) is 5.78 Å². The number of carbonyl (C=O) groups excluding carboxylic acids is 1. The van der Waals surface area contributed by atoms with Crippen LogP contribution in [0.3, 0.4) is 0 Å². The van der Waals surface area contributed by atoms with Gasteiger partial charge in [-0.15, -0.1) is 0 Å². The maximum absolute atomic E-state index is 11.2. The van der Waals surface area contributed by atoms with E-state index in [4.69, 9.17) is 4.74 Å². The van der Waals surface area contributed by atoms with E-state index >= 15 is 0 Å². The maximum atomic E-state index is 11.2. The number of likely N-dealkylation sites (tertiary alicyclic amines) is 1. The fourth-order valence-electron chi connectivity index (χ4n) is 3.10. The number of hydrogen-bond donors (Lipinski definition) is 0. The minimum atomic E-state index is 0.450. The van der Waals surface area contributed by atoms with Gasteiger partial charge in [0, 0.05) is 45.2 Å². The van der Waals surface area contributed by atoms with E-state index in [1.165, 1.54) is 25.7 Å². The Morgan fingerprint density at radius 1 is 1.18 bits per heavy atom. The van der Waals surface area contributed by atoms with Gasteiger partial charge in [0.25, 0.3) is 0 Å². The molecular weight excluding hydrogens is 214 g/mol. The van der Waals surface area contributed by atoms with Crippen molar-refractivity contribution in [3.05, 3.63) is 0 Å². The number of carbonyl (C=O) groups is 1. The van der Waals surface area contributed by atoms with Crippen molar-refractivity contribution >= 4 is 5.78 Å². The van der Waals surface area contributed by atoms with E-state index < -0.39 is 0 Å². The van der Waals surface area contributed by atoms with Crippen LogP contribution in [0.15, 0.2) is 0 Å². The SMILES string of the molecule is CCOCC1CCC(N2CCC(=O)CC2)CC1. The lowest BCUT2D eigenvalue weighted by molar-refractivity contribution is -0.122. The zero-order valence-corrected chi connectivity index (χ0v) is 11.0. The van der Waals surface area contributed by atoms with Crippen LogP contribution >= 0.6 is 0 Å². The first-order chi connectivity index (χ1) is 8.29. The molecule has 17 heavy (non-hydrogen) atoms. The van der Waals surface area contributed by atoms with E-state index in [9.17, 15) is 4.79 Å². The molecule has 2 aliphatic rings. The van der Waals surface area contributed by atoms with Gasteiger partial charge in [0.05, 0.1) is 0 Å². The summed E-state index contributed by atoms with van der Waals surface area (Å²) < 4.78 is 5.51. The van der Waals surface area contributed by atoms with E-state index in [1.807, 2.05) is 0 Å². The molecule has 98 valence electrons. The third kappa shape index (κ3) is 3.78. The first-order valence-corrected chi connectivity index (χ1v) is 7.13. The quantitative estimate of drug-likeness (QED) is 0.753. The van der Waals surface area contributed by atoms with Crippen molar-refractivity contribution in [2.45, 2.75) is 51.5 Å². The molecule has 1 aliphatic heterocycles. The van der Waals surface area contributed by atoms with Crippen molar-refractivity contribution in [1.29, 1.82) is 0 Å². The highest BCUT2D eigenvalue weighted by atomic mass is 16.5. The molecule has 1 saturated heterocycles. The summed E-state index contributed by atoms with van der Waals surface area (Å²) in [6, 6.07) is 0.737. The second-order valence-electron chi connectivity index (χ2n) is 5.41. The summed E-state index contributed by atoms with van der Waals surface area (Å²) >= 11 is 0. The Kier molecular flexibility index (Phi) is 4.99. The Morgan fingerprint density at radius 2 is 1.82 bits per heavy atom. The van der Waals surface area contributed by atoms with Gasteiger partial charge < -0.3 is 4.74 Å². The van der Waals surface area contributed by atoms with E-state index in [0.717, 1.165) is 51.1 Å². The molecule has 0 aromatic carbocycles. The summed E-state index contributed by atoms with van der Waals surface area (Å²) in [7, 11) is 0. The highest BCUT2D eigenvalue weighted by molar-refractivity contribution is 5.79. The lowest BCUT2D eigenvalue weighted by Gasteiger charge is -2.38. The van der Waals surface area contributed by atoms with Crippen LogP contribution in [-0.2, 0) is 9.53 Å². The van der Waals surface area contributed by atoms with E-state index in [1.54, 1.807) is 0 Å². The van der Waals surface area contributed by atoms with Crippen molar-refractivity contribution in [1.82, 2.24) is 4.90 Å². The lowest BCUT2D eigenvalue weighted by atomic mass is 9.85. The molecule has 0 amide bonds. The van der Waals surface area contributed by atoms with Gasteiger partial charge in [0.2, 0.25) is 0 Å². The van der Waals surface area contributed by atoms with Crippen molar-refractivity contribution in [3.8, 4) is 0 Å². The van der Waals surface area contributed by atoms with Crippen LogP contribution in [0.25, 0.3) is 0 Å². The fourth-order valence-corrected chi connectivity index (χ4v) is 3.10. The summed E-state index contributed by atoms with van der Waals surface area (Å²) in [4.78, 5) is 13.8. The fraction of sp³-hybridized carbons (Fsp3) is 0.929. The molecule has 0 aromatic heterocycles. The summed E-state index contributed by atoms with van der Waals surface area (Å²) in [5.41, 5.74) is 0. The Bertz CT molecular complexity index is 237. The molecule has 0 bridgehead atoms. The van der Waals surface area contributed by atoms with Crippen LogP contribution in [0.1, 0.15) is 45.4 Å². The third-order valence-corrected chi connectivity index (χ3v) is 4.25. The molecule has 1 saturated carbocycles. The molecular formula is C14H25NO2. The topological polar surface area (TPSA) is 29.5 Å². The minimum absolute atomic E-state index is 0.450. The second-order valence-corrected chi connectivity index (χ2v) is 5.41. The highest BCUT2D eigenvalue weighted by Crippen LogP contribution is 2.29. The summed E-state index contributed by atoms with van der Waals surface area (Å²) in [5, 5.41) is 0. The van der Waals surface area contributed by atoms with Crippen molar-refractivity contribution in [2.75, 3.05) is 26.3 Å². The van der Waals surface area contributed by atoms with Gasteiger partial charge >= 0.3 is 0 Å². The number of rotatable bonds is 4. The van der Waals surface area contributed by atoms with E-state index in [2.05, 4.69) is 11.8 Å². The standard InChI is InChI=1S/C14H25NO2/c1-2-17-11-12-3-5-13(6-4-12)15-9-7-14(16)8-10-15/h12-13H,2-11H2,1H3. The molecule has 0 spiro atoms. The minimum Gasteiger partial charge on any atom is -0.381 e. The van der Waals surface area contributed by atoms with Crippen molar-refractivity contribution in [3.63, 3.8) is 0 Å². The van der Waals surface area contributed by atoms with Gasteiger partial charge in [-0.3, -0.25) is 9.69 Å². The lowest BCUT2D eigenvalue weighted by Crippen LogP contribution is -2.43. The molecule has 1 aliphatic carbocycles. The number of Topliss-reactive ketones (excluding diaryl/α,β-unsaturated/α-hetero) is 1. The molecule has 0 aromatic rings. The normalized spacial score (nSPS) is 31.7. The predicted octanol–water partition coefficient (Wildman–Crippen LogP) is 2.25. The monoisotopic (exact) mass is 239 g/mol. The zero-order chi connectivity index (χ0) is 12.1. The molecule has 1 heterocycles. The number of piperidine rings is 1. The molecule has 0 atom stereocenters. The van der Waals surface area contributed by atoms with Crippen molar-refractivity contribution < 1.29 is 9.53 Å². The first kappa shape index (κ1) is 13.0. The number of hydrogen-bond acceptors (Lipinski definition) is 3. The predicted molar refractivity (Wildman–Crippen MR) is 68.1 cm³/mol. The molecule has 0 radical (unpaired) electrons. The summed E-state index contributed by atoms with van der Waals surface area (Å²) in [5.74, 6) is 1.23. The Balaban J connectivity index is 1.69. The third-order valence-electron chi connectivity index (χ3n) is 4.25. The van der Waals surface area contributed by atoms with Gasteiger partial charge in [-0.2, -0.15) is 0 Å². The number of nitrogens with zero attached hydrogens (tertiary/aromatic N) is 1. The van der Waals surface area contributed by atoms with Crippen LogP contribution in [0, 0.1) is 5.92 Å². The Labute approximate surface area is 105 Å². The van der Waals surface area contributed by atoms with Gasteiger partial charge in [-0.1, -0.05) is 0 Å². The molecule has 0 N–H and O–H groups in total. The summed E-state index contributed by atoms with van der Waals surface area (Å²) in [6.45, 7) is 5.85. The molecule has 0 unspecified atom stereocenters. The first-order valence-electron chi connectivity index (χ1n) is 7.13. The second kappa shape index (κ2) is 6.50. The van der Waals surface area contributed by atoms with Crippen LogP contribution in [-0.4, -0.2) is 43.0 Å². The number of ketones is 1. The van der Waals surface area contributed by atoms with Crippen LogP contribution in [0.5, 0.6) is 0 Å². The molecule has 3 nitrogen and oxygen atoms in total. The highest BCUT2D eigenvalue weighted by Gasteiger charge is 2.28. The Hall–Kier alpha value is -0.410. The maximum Gasteiger partial charge on any atom is 0.135 e. The molecule has 2 fully saturated rings. The van der Waals surface area contributed by atoms with Crippen molar-refractivity contribution in [2.24, 2.45) is 5.92 Å². The smallest absolute Gasteiger partial charge is 0.135 e. The zero-order valence-electron chi connectivity index (χ0n) is 11.0. The van der Waals surface area contributed by atoms with Crippen LogP contribution < -0.4 is 0 Å². The Morgan fingerprint density at radius 3 is 2.41 bits per heavy atom. The van der Waals surface area contributed by atoms with Gasteiger partial charge in [-0.25, -0.2) is 0 Å². The number of ether oxygens (including phenoxy) is 1. The van der Waals surface area contributed by atoms with Gasteiger partial charge in [0.15, 0.2) is 0 Å². The average Bonchev–Trinajstić information content (AvgIpc) is 2.38. The largest absolute Gasteiger partial charge is 0.381 e. The van der Waals surface area contributed by atoms with E-state index in [0.29, 0.717) is 5.78 Å². The molecule has 2 rings (SSSR count). The van der Waals surface area contributed by atoms with Crippen LogP contribution in [0.2, 0.25) is 0 Å². The van der Waals surface area contributed by atoms with E-state index in [-0.39, 0.29) is 0 Å². The summed E-state index contributed by atoms with van der Waals surface area (Å²) in [6.07, 6.45) is 6.75. The molecule has 3 heteroatoms. The average molecular weight is 239 g/mol. The van der Waals surface area contributed by atoms with Gasteiger partial charge in [-0.05, 0) is 38.5 Å².